The summed E-state index contributed by atoms with van der Waals surface area (Å²) < 4.78 is 32.5. The molecular formula is C13H21FN5O8P. The van der Waals surface area contributed by atoms with Crippen molar-refractivity contribution < 1.29 is 38.6 Å². The van der Waals surface area contributed by atoms with Gasteiger partial charge in [0.05, 0.1) is 0 Å². The van der Waals surface area contributed by atoms with Gasteiger partial charge < -0.3 is 25.8 Å². The Morgan fingerprint density at radius 1 is 1.64 bits per heavy atom. The topological polar surface area (TPSA) is 203 Å². The molecule has 1 unspecified atom stereocenters. The lowest BCUT2D eigenvalue weighted by Gasteiger charge is -2.29. The number of alkyl halides is 1. The number of nitrogen functional groups attached to an aromatic ring is 1. The molecular weight excluding hydrogens is 404 g/mol. The van der Waals surface area contributed by atoms with Gasteiger partial charge in [-0.15, -0.1) is 4.83 Å². The van der Waals surface area contributed by atoms with Crippen LogP contribution in [0.15, 0.2) is 17.1 Å². The van der Waals surface area contributed by atoms with E-state index < -0.39 is 56.2 Å². The Labute approximate surface area is 158 Å². The first-order valence-corrected chi connectivity index (χ1v) is 9.30. The average molecular weight is 425 g/mol. The van der Waals surface area contributed by atoms with Gasteiger partial charge in [0.1, 0.15) is 30.2 Å². The number of carbonyl (C=O) groups is 1. The molecule has 1 aliphatic rings. The normalized spacial score (nSPS) is 32.4. The van der Waals surface area contributed by atoms with E-state index in [1.54, 1.807) is 0 Å². The lowest BCUT2D eigenvalue weighted by Crippen LogP contribution is -2.51. The van der Waals surface area contributed by atoms with E-state index in [4.69, 9.17) is 25.9 Å². The minimum atomic E-state index is -3.22. The summed E-state index contributed by atoms with van der Waals surface area (Å²) in [6.45, 7) is 0.923. The van der Waals surface area contributed by atoms with Crippen LogP contribution in [0.1, 0.15) is 20.1 Å². The molecule has 28 heavy (non-hydrogen) atoms. The van der Waals surface area contributed by atoms with Crippen LogP contribution in [0, 0.1) is 0 Å². The van der Waals surface area contributed by atoms with Gasteiger partial charge in [-0.1, -0.05) is 0 Å². The maximum absolute atomic E-state index is 15.2. The Balaban J connectivity index is 2.29. The van der Waals surface area contributed by atoms with E-state index in [-0.39, 0.29) is 5.82 Å². The van der Waals surface area contributed by atoms with Gasteiger partial charge in [0.15, 0.2) is 6.23 Å². The van der Waals surface area contributed by atoms with E-state index in [0.29, 0.717) is 9.40 Å². The fourth-order valence-electron chi connectivity index (χ4n) is 2.62. The average Bonchev–Trinajstić information content (AvgIpc) is 2.75. The second-order valence-corrected chi connectivity index (χ2v) is 7.50. The summed E-state index contributed by atoms with van der Waals surface area (Å²) >= 11 is 0. The number of hydrogen-bond acceptors (Lipinski definition) is 9. The third kappa shape index (κ3) is 4.07. The molecule has 0 aromatic carbocycles. The van der Waals surface area contributed by atoms with Gasteiger partial charge in [0.2, 0.25) is 8.10 Å². The van der Waals surface area contributed by atoms with E-state index in [9.17, 15) is 24.4 Å². The molecule has 7 N–H and O–H groups in total. The number of aliphatic hydroxyl groups is 2. The number of nitrogens with zero attached hydrogens (tertiary/aromatic N) is 3. The molecule has 0 saturated carbocycles. The first kappa shape index (κ1) is 22.4. The van der Waals surface area contributed by atoms with Gasteiger partial charge >= 0.3 is 11.7 Å². The number of rotatable bonds is 7. The molecule has 1 aliphatic heterocycles. The Morgan fingerprint density at radius 2 is 2.25 bits per heavy atom. The van der Waals surface area contributed by atoms with Gasteiger partial charge in [-0.25, -0.2) is 9.18 Å². The quantitative estimate of drug-likeness (QED) is 0.242. The Bertz CT molecular complexity index is 837. The predicted molar refractivity (Wildman–Crippen MR) is 91.6 cm³/mol. The summed E-state index contributed by atoms with van der Waals surface area (Å²) in [4.78, 5) is 31.6. The fraction of sp³-hybridized carbons (Fsp3) is 0.615. The number of carboxylic acids is 1. The van der Waals surface area contributed by atoms with E-state index in [2.05, 4.69) is 4.98 Å². The van der Waals surface area contributed by atoms with Crippen molar-refractivity contribution in [3.8, 4) is 0 Å². The molecule has 0 aliphatic carbocycles. The highest BCUT2D eigenvalue weighted by Gasteiger charge is 2.63. The van der Waals surface area contributed by atoms with Crippen LogP contribution >= 0.6 is 8.10 Å². The molecule has 6 atom stereocenters. The van der Waals surface area contributed by atoms with Crippen molar-refractivity contribution in [1.29, 1.82) is 0 Å². The number of anilines is 1. The van der Waals surface area contributed by atoms with Crippen molar-refractivity contribution in [3.63, 3.8) is 0 Å². The molecule has 158 valence electrons. The first-order valence-electron chi connectivity index (χ1n) is 7.87. The van der Waals surface area contributed by atoms with Crippen LogP contribution in [-0.2, 0) is 18.9 Å². The fourth-order valence-corrected chi connectivity index (χ4v) is 3.30. The summed E-state index contributed by atoms with van der Waals surface area (Å²) in [6, 6.07) is -0.308. The van der Waals surface area contributed by atoms with Gasteiger partial charge in [-0.05, 0) is 19.9 Å². The molecule has 1 fully saturated rings. The molecule has 1 aromatic heterocycles. The van der Waals surface area contributed by atoms with Gasteiger partial charge in [0.25, 0.3) is 5.85 Å². The molecule has 0 spiro atoms. The maximum atomic E-state index is 15.2. The van der Waals surface area contributed by atoms with Gasteiger partial charge in [-0.2, -0.15) is 4.98 Å². The molecule has 13 nitrogen and oxygen atoms in total. The molecule has 2 rings (SSSR count). The Kier molecular flexibility index (Phi) is 6.25. The van der Waals surface area contributed by atoms with Gasteiger partial charge in [0, 0.05) is 6.20 Å². The van der Waals surface area contributed by atoms with Crippen molar-refractivity contribution in [3.05, 3.63) is 22.7 Å². The lowest BCUT2D eigenvalue weighted by atomic mass is 9.95. The number of halogens is 1. The zero-order valence-electron chi connectivity index (χ0n) is 14.9. The second kappa shape index (κ2) is 7.83. The number of hydrogen-bond donors (Lipinski definition) is 5. The highest BCUT2D eigenvalue weighted by atomic mass is 31.1. The largest absolute Gasteiger partial charge is 0.480 e. The highest BCUT2D eigenvalue weighted by Crippen LogP contribution is 2.45. The van der Waals surface area contributed by atoms with Crippen molar-refractivity contribution in [2.45, 2.75) is 43.7 Å². The number of carboxylic acid groups (broad SMARTS) is 1. The maximum Gasteiger partial charge on any atom is 0.351 e. The number of aliphatic hydroxyl groups excluding tert-OH is 1. The predicted octanol–water partition coefficient (Wildman–Crippen LogP) is -1.81. The number of aromatic nitrogens is 2. The second-order valence-electron chi connectivity index (χ2n) is 6.38. The molecule has 1 aromatic rings. The molecule has 0 radical (unpaired) electrons. The van der Waals surface area contributed by atoms with Crippen LogP contribution < -0.4 is 16.9 Å². The molecule has 2 heterocycles. The number of hydroxylamine groups is 1. The van der Waals surface area contributed by atoms with E-state index >= 15 is 4.39 Å². The van der Waals surface area contributed by atoms with E-state index in [1.807, 2.05) is 0 Å². The van der Waals surface area contributed by atoms with Gasteiger partial charge in [-0.3, -0.25) is 24.3 Å². The number of nitrogens with two attached hydrogens (primary N) is 2. The minimum Gasteiger partial charge on any atom is -0.480 e. The zero-order valence-corrected chi connectivity index (χ0v) is 15.9. The smallest absolute Gasteiger partial charge is 0.351 e. The van der Waals surface area contributed by atoms with Crippen molar-refractivity contribution in [2.24, 2.45) is 5.50 Å². The minimum absolute atomic E-state index is 0.124. The first-order chi connectivity index (χ1) is 12.8. The molecule has 0 bridgehead atoms. The Morgan fingerprint density at radius 3 is 2.75 bits per heavy atom. The van der Waals surface area contributed by atoms with Crippen molar-refractivity contribution in [1.82, 2.24) is 14.4 Å². The lowest BCUT2D eigenvalue weighted by molar-refractivity contribution is -0.253. The standard InChI is InChI=1S/C13H21FN5O8P/c1-6(8(20)21)19(28(16)25)26-5-13(14)9(22)12(2,24)10(27-13)18-4-3-7(15)17-11(18)23/h3-4,6,9-10,22,24,28H,5H2,1-2H3,(H2,16,25)(H,20,21)(H2,15,17,23)/t6-,9-,10+,12+,13+/m0/s1. The van der Waals surface area contributed by atoms with Crippen LogP contribution in [0.25, 0.3) is 0 Å². The Hall–Kier alpha value is -1.93. The zero-order chi connectivity index (χ0) is 21.4. The van der Waals surface area contributed by atoms with Crippen LogP contribution in [0.4, 0.5) is 10.2 Å². The van der Waals surface area contributed by atoms with Crippen LogP contribution in [-0.4, -0.2) is 65.9 Å². The monoisotopic (exact) mass is 425 g/mol. The van der Waals surface area contributed by atoms with E-state index in [0.717, 1.165) is 20.0 Å². The molecule has 0 amide bonds. The van der Waals surface area contributed by atoms with E-state index in [1.165, 1.54) is 6.07 Å². The number of aliphatic carboxylic acids is 1. The summed E-state index contributed by atoms with van der Waals surface area (Å²) in [5.41, 5.74) is 7.26. The SMILES string of the molecule is C[C@@H](C(=O)O)N(OC[C@@]1(F)O[C@@H](n2ccc(N)nc2=O)[C@](C)(O)[C@@H]1O)[PH](N)=O. The number of ether oxygens (including phenoxy) is 1. The summed E-state index contributed by atoms with van der Waals surface area (Å²) in [5, 5.41) is 29.7. The van der Waals surface area contributed by atoms with Crippen LogP contribution in [0.2, 0.25) is 0 Å². The van der Waals surface area contributed by atoms with Crippen LogP contribution in [0.3, 0.4) is 0 Å². The van der Waals surface area contributed by atoms with Crippen molar-refractivity contribution >= 4 is 19.9 Å². The summed E-state index contributed by atoms with van der Waals surface area (Å²) in [7, 11) is -3.22. The summed E-state index contributed by atoms with van der Waals surface area (Å²) in [5.74, 6) is -4.68. The third-order valence-electron chi connectivity index (χ3n) is 4.20. The van der Waals surface area contributed by atoms with Crippen LogP contribution in [0.5, 0.6) is 0 Å². The molecule has 15 heteroatoms. The third-order valence-corrected chi connectivity index (χ3v) is 5.15. The summed E-state index contributed by atoms with van der Waals surface area (Å²) in [6.07, 6.45) is -2.88. The van der Waals surface area contributed by atoms with Crippen molar-refractivity contribution in [2.75, 3.05) is 12.3 Å². The molecule has 1 saturated heterocycles. The highest BCUT2D eigenvalue weighted by molar-refractivity contribution is 7.39.